The van der Waals surface area contributed by atoms with Gasteiger partial charge in [0.1, 0.15) is 0 Å². The molecule has 2 aliphatic heterocycles. The number of nitrogens with zero attached hydrogens (tertiary/aromatic N) is 1. The van der Waals surface area contributed by atoms with Gasteiger partial charge in [0, 0.05) is 26.2 Å². The Morgan fingerprint density at radius 1 is 1.47 bits per heavy atom. The maximum atomic E-state index is 5.63. The van der Waals surface area contributed by atoms with Gasteiger partial charge in [0.2, 0.25) is 0 Å². The van der Waals surface area contributed by atoms with Gasteiger partial charge in [-0.15, -0.1) is 0 Å². The first-order valence-electron chi connectivity index (χ1n) is 7.29. The number of hydrogen-bond acceptors (Lipinski definition) is 3. The van der Waals surface area contributed by atoms with E-state index in [0.717, 1.165) is 19.7 Å². The van der Waals surface area contributed by atoms with Crippen LogP contribution in [0.15, 0.2) is 0 Å². The molecule has 0 aromatic heterocycles. The van der Waals surface area contributed by atoms with Gasteiger partial charge in [-0.3, -0.25) is 4.90 Å². The molecule has 3 heteroatoms. The highest BCUT2D eigenvalue weighted by molar-refractivity contribution is 4.89. The van der Waals surface area contributed by atoms with Crippen molar-refractivity contribution in [3.05, 3.63) is 0 Å². The molecule has 100 valence electrons. The van der Waals surface area contributed by atoms with E-state index in [0.29, 0.717) is 11.5 Å². The van der Waals surface area contributed by atoms with Crippen LogP contribution in [-0.2, 0) is 4.74 Å². The number of nitrogens with one attached hydrogen (secondary N) is 1. The zero-order chi connectivity index (χ0) is 12.1. The third-order valence-corrected chi connectivity index (χ3v) is 4.23. The third-order valence-electron chi connectivity index (χ3n) is 4.23. The van der Waals surface area contributed by atoms with E-state index < -0.39 is 0 Å². The predicted octanol–water partition coefficient (Wildman–Crippen LogP) is 1.88. The first kappa shape index (κ1) is 13.3. The van der Waals surface area contributed by atoms with Crippen LogP contribution in [0.5, 0.6) is 0 Å². The zero-order valence-corrected chi connectivity index (χ0v) is 11.5. The minimum Gasteiger partial charge on any atom is -0.376 e. The Bertz CT molecular complexity index is 221. The second-order valence-corrected chi connectivity index (χ2v) is 5.95. The van der Waals surface area contributed by atoms with E-state index in [1.165, 1.54) is 45.3 Å². The maximum Gasteiger partial charge on any atom is 0.0674 e. The summed E-state index contributed by atoms with van der Waals surface area (Å²) in [5, 5.41) is 3.60. The molecule has 2 rings (SSSR count). The molecular formula is C14H28N2O. The van der Waals surface area contributed by atoms with Crippen LogP contribution >= 0.6 is 0 Å². The Morgan fingerprint density at radius 2 is 2.35 bits per heavy atom. The molecule has 0 aromatic rings. The molecule has 2 atom stereocenters. The molecule has 3 nitrogen and oxygen atoms in total. The lowest BCUT2D eigenvalue weighted by Gasteiger charge is -2.43. The first-order chi connectivity index (χ1) is 8.24. The van der Waals surface area contributed by atoms with Crippen molar-refractivity contribution >= 4 is 0 Å². The molecule has 0 amide bonds. The highest BCUT2D eigenvalue weighted by Gasteiger charge is 2.34. The van der Waals surface area contributed by atoms with E-state index in [1.807, 2.05) is 0 Å². The Morgan fingerprint density at radius 3 is 3.00 bits per heavy atom. The summed E-state index contributed by atoms with van der Waals surface area (Å²) in [6.45, 7) is 11.4. The quantitative estimate of drug-likeness (QED) is 0.812. The van der Waals surface area contributed by atoms with Crippen molar-refractivity contribution < 1.29 is 4.74 Å². The van der Waals surface area contributed by atoms with Crippen LogP contribution in [0, 0.1) is 5.41 Å². The smallest absolute Gasteiger partial charge is 0.0674 e. The van der Waals surface area contributed by atoms with Gasteiger partial charge >= 0.3 is 0 Å². The fraction of sp³-hybridized carbons (Fsp3) is 1.00. The average molecular weight is 240 g/mol. The lowest BCUT2D eigenvalue weighted by Crippen LogP contribution is -2.51. The molecule has 2 fully saturated rings. The Hall–Kier alpha value is -0.120. The molecule has 2 heterocycles. The van der Waals surface area contributed by atoms with Crippen molar-refractivity contribution in [3.8, 4) is 0 Å². The molecule has 0 aliphatic carbocycles. The molecule has 0 radical (unpaired) electrons. The Kier molecular flexibility index (Phi) is 4.83. The maximum absolute atomic E-state index is 5.63. The van der Waals surface area contributed by atoms with E-state index in [4.69, 9.17) is 4.74 Å². The van der Waals surface area contributed by atoms with Crippen molar-refractivity contribution in [2.75, 3.05) is 39.3 Å². The summed E-state index contributed by atoms with van der Waals surface area (Å²) in [5.41, 5.74) is 0.532. The Balaban J connectivity index is 1.91. The summed E-state index contributed by atoms with van der Waals surface area (Å²) in [6, 6.07) is 0. The summed E-state index contributed by atoms with van der Waals surface area (Å²) in [5.74, 6) is 0. The highest BCUT2D eigenvalue weighted by Crippen LogP contribution is 2.33. The minimum absolute atomic E-state index is 0.416. The van der Waals surface area contributed by atoms with Crippen LogP contribution < -0.4 is 5.32 Å². The van der Waals surface area contributed by atoms with Gasteiger partial charge < -0.3 is 10.1 Å². The molecule has 0 spiro atoms. The number of morpholine rings is 1. The van der Waals surface area contributed by atoms with Gasteiger partial charge in [-0.25, -0.2) is 0 Å². The molecule has 1 N–H and O–H groups in total. The van der Waals surface area contributed by atoms with Crippen molar-refractivity contribution in [1.29, 1.82) is 0 Å². The van der Waals surface area contributed by atoms with Crippen LogP contribution in [0.2, 0.25) is 0 Å². The Labute approximate surface area is 106 Å². The van der Waals surface area contributed by atoms with Gasteiger partial charge in [-0.2, -0.15) is 0 Å². The van der Waals surface area contributed by atoms with E-state index in [-0.39, 0.29) is 0 Å². The molecule has 0 aromatic carbocycles. The van der Waals surface area contributed by atoms with Crippen molar-refractivity contribution in [3.63, 3.8) is 0 Å². The summed E-state index contributed by atoms with van der Waals surface area (Å²) in [4.78, 5) is 2.62. The SMILES string of the molecule is CCCC1(CN2CCOC(C)C2)CCCNC1. The fourth-order valence-corrected chi connectivity index (χ4v) is 3.50. The largest absolute Gasteiger partial charge is 0.376 e. The van der Waals surface area contributed by atoms with Gasteiger partial charge in [0.15, 0.2) is 0 Å². The van der Waals surface area contributed by atoms with Crippen LogP contribution in [-0.4, -0.2) is 50.3 Å². The van der Waals surface area contributed by atoms with Crippen molar-refractivity contribution in [2.45, 2.75) is 45.6 Å². The number of piperidine rings is 1. The van der Waals surface area contributed by atoms with E-state index in [9.17, 15) is 0 Å². The third kappa shape index (κ3) is 3.67. The summed E-state index contributed by atoms with van der Waals surface area (Å²) in [6.07, 6.45) is 5.84. The van der Waals surface area contributed by atoms with Gasteiger partial charge in [0.25, 0.3) is 0 Å². The second kappa shape index (κ2) is 6.17. The van der Waals surface area contributed by atoms with E-state index in [1.54, 1.807) is 0 Å². The molecule has 0 bridgehead atoms. The van der Waals surface area contributed by atoms with Crippen LogP contribution in [0.25, 0.3) is 0 Å². The lowest BCUT2D eigenvalue weighted by molar-refractivity contribution is -0.0364. The number of rotatable bonds is 4. The second-order valence-electron chi connectivity index (χ2n) is 5.95. The van der Waals surface area contributed by atoms with Gasteiger partial charge in [-0.1, -0.05) is 13.3 Å². The molecule has 2 saturated heterocycles. The minimum atomic E-state index is 0.416. The van der Waals surface area contributed by atoms with Crippen LogP contribution in [0.4, 0.5) is 0 Å². The van der Waals surface area contributed by atoms with Crippen molar-refractivity contribution in [2.24, 2.45) is 5.41 Å². The normalized spacial score (nSPS) is 36.0. The fourth-order valence-electron chi connectivity index (χ4n) is 3.50. The summed E-state index contributed by atoms with van der Waals surface area (Å²) in [7, 11) is 0. The molecule has 2 aliphatic rings. The van der Waals surface area contributed by atoms with Crippen LogP contribution in [0.1, 0.15) is 39.5 Å². The molecular weight excluding hydrogens is 212 g/mol. The summed E-state index contributed by atoms with van der Waals surface area (Å²) >= 11 is 0. The first-order valence-corrected chi connectivity index (χ1v) is 7.29. The van der Waals surface area contributed by atoms with E-state index in [2.05, 4.69) is 24.1 Å². The zero-order valence-electron chi connectivity index (χ0n) is 11.5. The number of ether oxygens (including phenoxy) is 1. The summed E-state index contributed by atoms with van der Waals surface area (Å²) < 4.78 is 5.63. The topological polar surface area (TPSA) is 24.5 Å². The molecule has 2 unspecified atom stereocenters. The van der Waals surface area contributed by atoms with Crippen LogP contribution in [0.3, 0.4) is 0 Å². The predicted molar refractivity (Wildman–Crippen MR) is 71.3 cm³/mol. The lowest BCUT2D eigenvalue weighted by atomic mass is 9.76. The van der Waals surface area contributed by atoms with E-state index >= 15 is 0 Å². The average Bonchev–Trinajstić information content (AvgIpc) is 2.30. The standard InChI is InChI=1S/C14H28N2O/c1-3-5-14(6-4-7-15-11-14)12-16-8-9-17-13(2)10-16/h13,15H,3-12H2,1-2H3. The highest BCUT2D eigenvalue weighted by atomic mass is 16.5. The number of hydrogen-bond donors (Lipinski definition) is 1. The van der Waals surface area contributed by atoms with Gasteiger partial charge in [-0.05, 0) is 38.1 Å². The molecule has 0 saturated carbocycles. The van der Waals surface area contributed by atoms with Gasteiger partial charge in [0.05, 0.1) is 12.7 Å². The monoisotopic (exact) mass is 240 g/mol. The van der Waals surface area contributed by atoms with Crippen molar-refractivity contribution in [1.82, 2.24) is 10.2 Å². The molecule has 17 heavy (non-hydrogen) atoms.